The first-order chi connectivity index (χ1) is 13.1. The van der Waals surface area contributed by atoms with Crippen molar-refractivity contribution in [3.63, 3.8) is 0 Å². The number of nitrogens with zero attached hydrogens (tertiary/aromatic N) is 2. The first kappa shape index (κ1) is 17.2. The van der Waals surface area contributed by atoms with Gasteiger partial charge in [0.05, 0.1) is 0 Å². The average Bonchev–Trinajstić information content (AvgIpc) is 3.05. The van der Waals surface area contributed by atoms with Gasteiger partial charge in [-0.05, 0) is 42.7 Å². The maximum absolute atomic E-state index is 14.5. The Kier molecular flexibility index (Phi) is 4.59. The van der Waals surface area contributed by atoms with Gasteiger partial charge in [0, 0.05) is 36.3 Å². The Morgan fingerprint density at radius 2 is 1.81 bits per heavy atom. The van der Waals surface area contributed by atoms with E-state index in [9.17, 15) is 4.39 Å². The molecule has 0 aliphatic carbocycles. The fourth-order valence-electron chi connectivity index (χ4n) is 3.11. The highest BCUT2D eigenvalue weighted by molar-refractivity contribution is 5.80. The van der Waals surface area contributed by atoms with E-state index in [0.29, 0.717) is 24.3 Å². The summed E-state index contributed by atoms with van der Waals surface area (Å²) in [6.45, 7) is 4.66. The number of aryl methyl sites for hydroxylation is 2. The van der Waals surface area contributed by atoms with Gasteiger partial charge in [-0.2, -0.15) is 4.39 Å². The van der Waals surface area contributed by atoms with Gasteiger partial charge in [-0.15, -0.1) is 0 Å². The third kappa shape index (κ3) is 3.82. The van der Waals surface area contributed by atoms with Crippen LogP contribution in [-0.4, -0.2) is 15.0 Å². The predicted molar refractivity (Wildman–Crippen MR) is 106 cm³/mol. The summed E-state index contributed by atoms with van der Waals surface area (Å²) in [5, 5.41) is 4.20. The molecule has 27 heavy (non-hydrogen) atoms. The molecule has 0 saturated heterocycles. The van der Waals surface area contributed by atoms with Gasteiger partial charge in [0.25, 0.3) is 0 Å². The molecule has 0 unspecified atom stereocenters. The Balaban J connectivity index is 1.49. The van der Waals surface area contributed by atoms with Crippen molar-refractivity contribution in [2.24, 2.45) is 0 Å². The second-order valence-electron chi connectivity index (χ2n) is 6.89. The van der Waals surface area contributed by atoms with Crippen molar-refractivity contribution in [3.05, 3.63) is 88.6 Å². The number of anilines is 1. The van der Waals surface area contributed by atoms with Gasteiger partial charge in [-0.3, -0.25) is 0 Å². The zero-order valence-electron chi connectivity index (χ0n) is 15.4. The molecule has 1 aromatic carbocycles. The van der Waals surface area contributed by atoms with E-state index in [2.05, 4.69) is 57.5 Å². The van der Waals surface area contributed by atoms with Gasteiger partial charge in [-0.25, -0.2) is 9.97 Å². The lowest BCUT2D eigenvalue weighted by molar-refractivity contribution is 0.571. The van der Waals surface area contributed by atoms with E-state index >= 15 is 0 Å². The van der Waals surface area contributed by atoms with E-state index in [1.165, 1.54) is 5.56 Å². The van der Waals surface area contributed by atoms with E-state index in [1.807, 2.05) is 25.4 Å². The van der Waals surface area contributed by atoms with Crippen molar-refractivity contribution in [2.45, 2.75) is 26.8 Å². The summed E-state index contributed by atoms with van der Waals surface area (Å²) in [5.74, 6) is 0.0899. The molecule has 0 aliphatic heterocycles. The van der Waals surface area contributed by atoms with Crippen LogP contribution in [0.3, 0.4) is 0 Å². The topological polar surface area (TPSA) is 53.6 Å². The summed E-state index contributed by atoms with van der Waals surface area (Å²) in [5.41, 5.74) is 5.84. The number of fused-ring (bicyclic) bond motifs is 1. The molecular weight excluding hydrogens is 339 g/mol. The lowest BCUT2D eigenvalue weighted by Crippen LogP contribution is -2.04. The number of benzene rings is 1. The summed E-state index contributed by atoms with van der Waals surface area (Å²) in [4.78, 5) is 11.6. The van der Waals surface area contributed by atoms with Crippen molar-refractivity contribution in [3.8, 4) is 0 Å². The highest BCUT2D eigenvalue weighted by Crippen LogP contribution is 2.22. The minimum absolute atomic E-state index is 0.445. The Labute approximate surface area is 157 Å². The summed E-state index contributed by atoms with van der Waals surface area (Å²) < 4.78 is 14.5. The average molecular weight is 360 g/mol. The molecule has 4 nitrogen and oxygen atoms in total. The number of rotatable bonds is 5. The number of halogens is 1. The lowest BCUT2D eigenvalue weighted by atomic mass is 10.1. The second kappa shape index (κ2) is 7.19. The molecule has 0 aliphatic rings. The Morgan fingerprint density at radius 3 is 2.59 bits per heavy atom. The van der Waals surface area contributed by atoms with Gasteiger partial charge in [0.15, 0.2) is 0 Å². The highest BCUT2D eigenvalue weighted by atomic mass is 19.1. The normalized spacial score (nSPS) is 11.1. The monoisotopic (exact) mass is 360 g/mol. The fourth-order valence-corrected chi connectivity index (χ4v) is 3.11. The number of pyridine rings is 2. The molecule has 0 bridgehead atoms. The Bertz CT molecular complexity index is 1080. The molecule has 2 N–H and O–H groups in total. The first-order valence-electron chi connectivity index (χ1n) is 8.96. The molecule has 0 saturated carbocycles. The van der Waals surface area contributed by atoms with E-state index in [4.69, 9.17) is 0 Å². The number of H-pyrrole nitrogens is 1. The van der Waals surface area contributed by atoms with Crippen LogP contribution in [0.5, 0.6) is 0 Å². The smallest absolute Gasteiger partial charge is 0.218 e. The number of hydrogen-bond acceptors (Lipinski definition) is 3. The van der Waals surface area contributed by atoms with Crippen LogP contribution in [0.15, 0.2) is 54.9 Å². The molecule has 4 aromatic rings. The maximum Gasteiger partial charge on any atom is 0.218 e. The van der Waals surface area contributed by atoms with Crippen LogP contribution in [0.25, 0.3) is 11.0 Å². The second-order valence-corrected chi connectivity index (χ2v) is 6.89. The predicted octanol–water partition coefficient (Wildman–Crippen LogP) is 4.92. The van der Waals surface area contributed by atoms with Crippen molar-refractivity contribution >= 4 is 16.9 Å². The zero-order valence-corrected chi connectivity index (χ0v) is 15.4. The standard InChI is InChI=1S/C22H21FN4/c1-14-3-5-16(6-4-14)12-24-20-8-7-17(21(23)27-20)10-18-13-26-22-19(18)9-15(2)11-25-22/h3-9,11,13H,10,12H2,1-2H3,(H,24,27)(H,25,26). The molecule has 0 amide bonds. The molecule has 4 rings (SSSR count). The van der Waals surface area contributed by atoms with Crippen LogP contribution in [-0.2, 0) is 13.0 Å². The number of hydrogen-bond donors (Lipinski definition) is 2. The van der Waals surface area contributed by atoms with Crippen LogP contribution < -0.4 is 5.32 Å². The Hall–Kier alpha value is -3.21. The molecule has 0 spiro atoms. The van der Waals surface area contributed by atoms with Gasteiger partial charge >= 0.3 is 0 Å². The van der Waals surface area contributed by atoms with Crippen LogP contribution in [0.1, 0.15) is 27.8 Å². The van der Waals surface area contributed by atoms with Gasteiger partial charge in [0.1, 0.15) is 11.5 Å². The lowest BCUT2D eigenvalue weighted by Gasteiger charge is -2.08. The third-order valence-corrected chi connectivity index (χ3v) is 4.65. The number of aromatic nitrogens is 3. The fraction of sp³-hybridized carbons (Fsp3) is 0.182. The van der Waals surface area contributed by atoms with Gasteiger partial charge in [-0.1, -0.05) is 35.9 Å². The van der Waals surface area contributed by atoms with Crippen molar-refractivity contribution in [1.29, 1.82) is 0 Å². The van der Waals surface area contributed by atoms with Gasteiger partial charge < -0.3 is 10.3 Å². The molecule has 0 radical (unpaired) electrons. The van der Waals surface area contributed by atoms with Gasteiger partial charge in [0.2, 0.25) is 5.95 Å². The summed E-state index contributed by atoms with van der Waals surface area (Å²) in [6, 6.07) is 13.9. The molecule has 3 heterocycles. The molecule has 5 heteroatoms. The molecular formula is C22H21FN4. The van der Waals surface area contributed by atoms with Crippen molar-refractivity contribution in [1.82, 2.24) is 15.0 Å². The minimum Gasteiger partial charge on any atom is -0.366 e. The van der Waals surface area contributed by atoms with E-state index in [-0.39, 0.29) is 0 Å². The largest absolute Gasteiger partial charge is 0.366 e. The van der Waals surface area contributed by atoms with E-state index in [0.717, 1.165) is 27.7 Å². The van der Waals surface area contributed by atoms with Crippen LogP contribution >= 0.6 is 0 Å². The third-order valence-electron chi connectivity index (χ3n) is 4.65. The van der Waals surface area contributed by atoms with Crippen LogP contribution in [0.4, 0.5) is 10.2 Å². The number of nitrogens with one attached hydrogen (secondary N) is 2. The molecule has 3 aromatic heterocycles. The molecule has 0 atom stereocenters. The highest BCUT2D eigenvalue weighted by Gasteiger charge is 2.11. The van der Waals surface area contributed by atoms with Crippen molar-refractivity contribution in [2.75, 3.05) is 5.32 Å². The zero-order chi connectivity index (χ0) is 18.8. The Morgan fingerprint density at radius 1 is 1.00 bits per heavy atom. The van der Waals surface area contributed by atoms with Crippen molar-refractivity contribution < 1.29 is 4.39 Å². The van der Waals surface area contributed by atoms with Crippen LogP contribution in [0, 0.1) is 19.8 Å². The maximum atomic E-state index is 14.5. The SMILES string of the molecule is Cc1ccc(CNc2ccc(Cc3c[nH]c4ncc(C)cc34)c(F)n2)cc1. The quantitative estimate of drug-likeness (QED) is 0.497. The van der Waals surface area contributed by atoms with E-state index in [1.54, 1.807) is 6.07 Å². The van der Waals surface area contributed by atoms with E-state index < -0.39 is 5.95 Å². The summed E-state index contributed by atoms with van der Waals surface area (Å²) in [6.07, 6.45) is 4.18. The summed E-state index contributed by atoms with van der Waals surface area (Å²) in [7, 11) is 0. The molecule has 136 valence electrons. The summed E-state index contributed by atoms with van der Waals surface area (Å²) >= 11 is 0. The minimum atomic E-state index is -0.445. The number of aromatic amines is 1. The first-order valence-corrected chi connectivity index (χ1v) is 8.96. The van der Waals surface area contributed by atoms with Crippen LogP contribution in [0.2, 0.25) is 0 Å². The molecule has 0 fully saturated rings.